The zero-order valence-corrected chi connectivity index (χ0v) is 18.8. The molecule has 1 fully saturated rings. The molecule has 3 rings (SSSR count). The van der Waals surface area contributed by atoms with Crippen molar-refractivity contribution in [2.45, 2.75) is 45.3 Å². The molecule has 32 heavy (non-hydrogen) atoms. The number of likely N-dealkylation sites (tertiary alicyclic amines) is 1. The number of urea groups is 1. The quantitative estimate of drug-likeness (QED) is 0.679. The van der Waals surface area contributed by atoms with Crippen molar-refractivity contribution in [3.05, 3.63) is 54.1 Å². The molecular weight excluding hydrogens is 416 g/mol. The van der Waals surface area contributed by atoms with Gasteiger partial charge in [0.1, 0.15) is 17.2 Å². The summed E-state index contributed by atoms with van der Waals surface area (Å²) >= 11 is 0. The van der Waals surface area contributed by atoms with E-state index in [1.54, 1.807) is 30.1 Å². The molecule has 0 saturated carbocycles. The van der Waals surface area contributed by atoms with Crippen LogP contribution in [0.25, 0.3) is 11.1 Å². The van der Waals surface area contributed by atoms with Crippen molar-refractivity contribution in [1.29, 1.82) is 0 Å². The van der Waals surface area contributed by atoms with Crippen molar-refractivity contribution in [3.8, 4) is 11.1 Å². The molecule has 0 radical (unpaired) electrons. The minimum absolute atomic E-state index is 0.0493. The van der Waals surface area contributed by atoms with E-state index in [0.717, 1.165) is 0 Å². The van der Waals surface area contributed by atoms with Crippen molar-refractivity contribution in [1.82, 2.24) is 9.80 Å². The molecule has 1 N–H and O–H groups in total. The second kappa shape index (κ2) is 9.54. The third-order valence-electron chi connectivity index (χ3n) is 5.35. The van der Waals surface area contributed by atoms with Crippen molar-refractivity contribution < 1.29 is 23.1 Å². The van der Waals surface area contributed by atoms with Gasteiger partial charge in [0, 0.05) is 26.2 Å². The van der Waals surface area contributed by atoms with Crippen LogP contribution in [-0.4, -0.2) is 53.7 Å². The summed E-state index contributed by atoms with van der Waals surface area (Å²) in [4.78, 5) is 28.0. The maximum absolute atomic E-state index is 14.6. The minimum Gasteiger partial charge on any atom is -0.444 e. The van der Waals surface area contributed by atoms with Gasteiger partial charge in [-0.2, -0.15) is 0 Å². The number of rotatable bonds is 3. The number of piperidine rings is 1. The van der Waals surface area contributed by atoms with Gasteiger partial charge in [-0.1, -0.05) is 18.2 Å². The van der Waals surface area contributed by atoms with Crippen LogP contribution in [0, 0.1) is 11.6 Å². The molecule has 0 aliphatic carbocycles. The Balaban J connectivity index is 1.57. The largest absolute Gasteiger partial charge is 0.444 e. The summed E-state index contributed by atoms with van der Waals surface area (Å²) in [6.45, 7) is 6.42. The summed E-state index contributed by atoms with van der Waals surface area (Å²) in [6.07, 6.45) is 0.845. The third-order valence-corrected chi connectivity index (χ3v) is 5.35. The maximum atomic E-state index is 14.6. The summed E-state index contributed by atoms with van der Waals surface area (Å²) in [5, 5.41) is 2.60. The van der Waals surface area contributed by atoms with Gasteiger partial charge in [0.05, 0.1) is 5.69 Å². The van der Waals surface area contributed by atoms with E-state index in [2.05, 4.69) is 5.32 Å². The van der Waals surface area contributed by atoms with Gasteiger partial charge < -0.3 is 19.9 Å². The fourth-order valence-corrected chi connectivity index (χ4v) is 3.60. The number of carbonyl (C=O) groups excluding carboxylic acids is 2. The molecule has 1 aliphatic heterocycles. The van der Waals surface area contributed by atoms with E-state index in [1.807, 2.05) is 20.8 Å². The summed E-state index contributed by atoms with van der Waals surface area (Å²) in [5.41, 5.74) is 0.561. The van der Waals surface area contributed by atoms with Gasteiger partial charge in [0.15, 0.2) is 0 Å². The van der Waals surface area contributed by atoms with Crippen molar-refractivity contribution in [2.24, 2.45) is 0 Å². The number of nitrogens with one attached hydrogen (secondary N) is 1. The Morgan fingerprint density at radius 1 is 1.06 bits per heavy atom. The minimum atomic E-state index is -0.603. The second-order valence-corrected chi connectivity index (χ2v) is 8.94. The Bertz CT molecular complexity index is 983. The average Bonchev–Trinajstić information content (AvgIpc) is 2.73. The van der Waals surface area contributed by atoms with Gasteiger partial charge in [0.2, 0.25) is 0 Å². The average molecular weight is 446 g/mol. The van der Waals surface area contributed by atoms with E-state index >= 15 is 0 Å². The number of amides is 3. The summed E-state index contributed by atoms with van der Waals surface area (Å²) in [5.74, 6) is -1.01. The highest BCUT2D eigenvalue weighted by atomic mass is 19.1. The lowest BCUT2D eigenvalue weighted by Gasteiger charge is -2.37. The van der Waals surface area contributed by atoms with Gasteiger partial charge in [-0.15, -0.1) is 0 Å². The van der Waals surface area contributed by atoms with E-state index in [-0.39, 0.29) is 17.8 Å². The number of nitrogens with zero attached hydrogens (tertiary/aromatic N) is 2. The highest BCUT2D eigenvalue weighted by molar-refractivity contribution is 5.90. The first-order valence-electron chi connectivity index (χ1n) is 10.6. The molecule has 172 valence electrons. The van der Waals surface area contributed by atoms with Gasteiger partial charge in [-0.05, 0) is 69.0 Å². The van der Waals surface area contributed by atoms with E-state index in [9.17, 15) is 18.4 Å². The molecule has 8 heteroatoms. The molecule has 2 aromatic carbocycles. The van der Waals surface area contributed by atoms with Crippen LogP contribution in [0.2, 0.25) is 0 Å². The predicted molar refractivity (Wildman–Crippen MR) is 119 cm³/mol. The molecular formula is C24H29F2N3O3. The fraction of sp³-hybridized carbons (Fsp3) is 0.417. The van der Waals surface area contributed by atoms with Crippen LogP contribution in [0.15, 0.2) is 42.5 Å². The molecule has 3 amide bonds. The first kappa shape index (κ1) is 23.5. The van der Waals surface area contributed by atoms with Crippen molar-refractivity contribution in [2.75, 3.05) is 25.5 Å². The van der Waals surface area contributed by atoms with Crippen LogP contribution in [-0.2, 0) is 4.74 Å². The lowest BCUT2D eigenvalue weighted by Crippen LogP contribution is -2.49. The van der Waals surface area contributed by atoms with Crippen LogP contribution in [0.3, 0.4) is 0 Å². The Morgan fingerprint density at radius 2 is 1.72 bits per heavy atom. The number of carbonyl (C=O) groups is 2. The van der Waals surface area contributed by atoms with Crippen molar-refractivity contribution >= 4 is 17.8 Å². The number of hydrogen-bond acceptors (Lipinski definition) is 3. The summed E-state index contributed by atoms with van der Waals surface area (Å²) < 4.78 is 33.4. The zero-order valence-electron chi connectivity index (χ0n) is 18.8. The SMILES string of the molecule is CN(C(=O)Nc1ccc(-c2cccc(F)c2)cc1F)C1CCN(C(=O)OC(C)(C)C)CC1. The van der Waals surface area contributed by atoms with Gasteiger partial charge in [0.25, 0.3) is 0 Å². The summed E-state index contributed by atoms with van der Waals surface area (Å²) in [7, 11) is 1.65. The Morgan fingerprint density at radius 3 is 2.31 bits per heavy atom. The molecule has 1 aliphatic rings. The van der Waals surface area contributed by atoms with E-state index < -0.39 is 23.3 Å². The van der Waals surface area contributed by atoms with Crippen LogP contribution < -0.4 is 5.32 Å². The Kier molecular flexibility index (Phi) is 7.01. The van der Waals surface area contributed by atoms with Crippen LogP contribution in [0.4, 0.5) is 24.1 Å². The first-order chi connectivity index (χ1) is 15.0. The third kappa shape index (κ3) is 5.96. The van der Waals surface area contributed by atoms with Gasteiger partial charge in [-0.3, -0.25) is 0 Å². The lowest BCUT2D eigenvalue weighted by molar-refractivity contribution is 0.0174. The molecule has 0 bridgehead atoms. The van der Waals surface area contributed by atoms with Crippen LogP contribution in [0.1, 0.15) is 33.6 Å². The van der Waals surface area contributed by atoms with Crippen LogP contribution in [0.5, 0.6) is 0 Å². The highest BCUT2D eigenvalue weighted by Crippen LogP contribution is 2.26. The molecule has 0 unspecified atom stereocenters. The van der Waals surface area contributed by atoms with E-state index in [0.29, 0.717) is 37.1 Å². The number of ether oxygens (including phenoxy) is 1. The molecule has 0 aromatic heterocycles. The normalized spacial score (nSPS) is 14.8. The van der Waals surface area contributed by atoms with Gasteiger partial charge >= 0.3 is 12.1 Å². The van der Waals surface area contributed by atoms with Crippen molar-refractivity contribution in [3.63, 3.8) is 0 Å². The smallest absolute Gasteiger partial charge is 0.410 e. The van der Waals surface area contributed by atoms with E-state index in [1.165, 1.54) is 29.2 Å². The topological polar surface area (TPSA) is 61.9 Å². The number of anilines is 1. The molecule has 6 nitrogen and oxygen atoms in total. The predicted octanol–water partition coefficient (Wildman–Crippen LogP) is 5.50. The number of hydrogen-bond donors (Lipinski definition) is 1. The first-order valence-corrected chi connectivity index (χ1v) is 10.6. The standard InChI is InChI=1S/C24H29F2N3O3/c1-24(2,3)32-23(31)29-12-10-19(11-13-29)28(4)22(30)27-21-9-8-17(15-20(21)26)16-6-5-7-18(25)14-16/h5-9,14-15,19H,10-13H2,1-4H3,(H,27,30). The fourth-order valence-electron chi connectivity index (χ4n) is 3.60. The van der Waals surface area contributed by atoms with Gasteiger partial charge in [-0.25, -0.2) is 18.4 Å². The summed E-state index contributed by atoms with van der Waals surface area (Å²) in [6, 6.07) is 9.74. The number of benzene rings is 2. The Labute approximate surface area is 187 Å². The van der Waals surface area contributed by atoms with Crippen LogP contribution >= 0.6 is 0 Å². The zero-order chi connectivity index (χ0) is 23.5. The second-order valence-electron chi connectivity index (χ2n) is 8.94. The molecule has 0 atom stereocenters. The monoisotopic (exact) mass is 445 g/mol. The van der Waals surface area contributed by atoms with E-state index in [4.69, 9.17) is 4.74 Å². The maximum Gasteiger partial charge on any atom is 0.410 e. The molecule has 2 aromatic rings. The highest BCUT2D eigenvalue weighted by Gasteiger charge is 2.30. The molecule has 0 spiro atoms. The Hall–Kier alpha value is -3.16. The lowest BCUT2D eigenvalue weighted by atomic mass is 10.0. The number of halogens is 2. The molecule has 1 heterocycles. The molecule has 1 saturated heterocycles.